The number of piperidine rings is 1. The summed E-state index contributed by atoms with van der Waals surface area (Å²) >= 11 is 1.29. The van der Waals surface area contributed by atoms with Crippen molar-refractivity contribution in [3.05, 3.63) is 5.82 Å². The highest BCUT2D eigenvalue weighted by Gasteiger charge is 2.18. The first kappa shape index (κ1) is 7.94. The summed E-state index contributed by atoms with van der Waals surface area (Å²) in [4.78, 5) is 4.19. The molecule has 0 aliphatic carbocycles. The third-order valence-corrected chi connectivity index (χ3v) is 2.72. The molecule has 0 amide bonds. The first-order chi connectivity index (χ1) is 5.86. The van der Waals surface area contributed by atoms with Crippen LogP contribution in [0.3, 0.4) is 0 Å². The molecule has 1 saturated heterocycles. The predicted octanol–water partition coefficient (Wildman–Crippen LogP) is 0.587. The lowest BCUT2D eigenvalue weighted by Crippen LogP contribution is -2.27. The zero-order valence-electron chi connectivity index (χ0n) is 6.79. The van der Waals surface area contributed by atoms with Gasteiger partial charge in [0.2, 0.25) is 0 Å². The van der Waals surface area contributed by atoms with E-state index in [1.807, 2.05) is 0 Å². The monoisotopic (exact) mass is 184 g/mol. The van der Waals surface area contributed by atoms with Gasteiger partial charge < -0.3 is 11.1 Å². The number of nitrogen functional groups attached to an aromatic ring is 1. The van der Waals surface area contributed by atoms with Crippen molar-refractivity contribution in [2.45, 2.75) is 18.8 Å². The second-order valence-electron chi connectivity index (χ2n) is 3.02. The Morgan fingerprint density at radius 3 is 2.75 bits per heavy atom. The molecule has 0 radical (unpaired) electrons. The molecule has 1 aliphatic heterocycles. The fourth-order valence-corrected chi connectivity index (χ4v) is 2.00. The van der Waals surface area contributed by atoms with E-state index < -0.39 is 0 Å². The first-order valence-corrected chi connectivity index (χ1v) is 4.93. The van der Waals surface area contributed by atoms with Gasteiger partial charge in [0.1, 0.15) is 5.82 Å². The molecule has 2 rings (SSSR count). The van der Waals surface area contributed by atoms with Crippen molar-refractivity contribution in [3.63, 3.8) is 0 Å². The van der Waals surface area contributed by atoms with Crippen LogP contribution in [0.25, 0.3) is 0 Å². The standard InChI is InChI=1S/C7H12N4S/c8-7-10-6(11-12-7)5-1-3-9-4-2-5/h5,9H,1-4H2,(H2,8,10,11). The summed E-state index contributed by atoms with van der Waals surface area (Å²) in [5.74, 6) is 1.47. The van der Waals surface area contributed by atoms with E-state index in [-0.39, 0.29) is 0 Å². The smallest absolute Gasteiger partial charge is 0.199 e. The minimum atomic E-state index is 0.528. The Bertz CT molecular complexity index is 254. The van der Waals surface area contributed by atoms with E-state index in [0.29, 0.717) is 11.0 Å². The average Bonchev–Trinajstić information content (AvgIpc) is 2.54. The molecule has 0 saturated carbocycles. The zero-order valence-corrected chi connectivity index (χ0v) is 7.60. The Balaban J connectivity index is 2.08. The molecule has 3 N–H and O–H groups in total. The normalized spacial score (nSPS) is 19.7. The second-order valence-corrected chi connectivity index (χ2v) is 3.80. The fraction of sp³-hybridized carbons (Fsp3) is 0.714. The van der Waals surface area contributed by atoms with E-state index in [1.54, 1.807) is 0 Å². The Hall–Kier alpha value is -0.680. The number of aromatic nitrogens is 2. The average molecular weight is 184 g/mol. The van der Waals surface area contributed by atoms with Crippen molar-refractivity contribution in [2.75, 3.05) is 18.8 Å². The topological polar surface area (TPSA) is 63.8 Å². The van der Waals surface area contributed by atoms with Gasteiger partial charge in [-0.2, -0.15) is 4.37 Å². The summed E-state index contributed by atoms with van der Waals surface area (Å²) < 4.78 is 4.22. The molecule has 12 heavy (non-hydrogen) atoms. The maximum Gasteiger partial charge on any atom is 0.199 e. The summed E-state index contributed by atoms with van der Waals surface area (Å²) in [7, 11) is 0. The molecule has 1 aromatic heterocycles. The van der Waals surface area contributed by atoms with Crippen LogP contribution in [0.5, 0.6) is 0 Å². The van der Waals surface area contributed by atoms with Crippen molar-refractivity contribution in [3.8, 4) is 0 Å². The van der Waals surface area contributed by atoms with E-state index in [0.717, 1.165) is 31.8 Å². The number of hydrogen-bond acceptors (Lipinski definition) is 5. The third-order valence-electron chi connectivity index (χ3n) is 2.16. The van der Waals surface area contributed by atoms with Crippen molar-refractivity contribution < 1.29 is 0 Å². The minimum absolute atomic E-state index is 0.528. The van der Waals surface area contributed by atoms with Gasteiger partial charge in [0, 0.05) is 17.5 Å². The number of nitrogens with two attached hydrogens (primary N) is 1. The lowest BCUT2D eigenvalue weighted by Gasteiger charge is -2.19. The number of nitrogens with zero attached hydrogens (tertiary/aromatic N) is 2. The van der Waals surface area contributed by atoms with Crippen LogP contribution in [-0.4, -0.2) is 22.4 Å². The van der Waals surface area contributed by atoms with Gasteiger partial charge in [-0.05, 0) is 25.9 Å². The molecule has 0 atom stereocenters. The van der Waals surface area contributed by atoms with Crippen LogP contribution in [-0.2, 0) is 0 Å². The first-order valence-electron chi connectivity index (χ1n) is 4.16. The molecule has 1 aromatic rings. The maximum atomic E-state index is 5.51. The third kappa shape index (κ3) is 1.56. The summed E-state index contributed by atoms with van der Waals surface area (Å²) in [6.45, 7) is 2.15. The minimum Gasteiger partial charge on any atom is -0.374 e. The largest absolute Gasteiger partial charge is 0.374 e. The Kier molecular flexibility index (Phi) is 2.23. The van der Waals surface area contributed by atoms with Gasteiger partial charge in [-0.15, -0.1) is 0 Å². The number of anilines is 1. The molecular weight excluding hydrogens is 172 g/mol. The molecule has 0 bridgehead atoms. The highest BCUT2D eigenvalue weighted by molar-refractivity contribution is 7.09. The van der Waals surface area contributed by atoms with Crippen molar-refractivity contribution >= 4 is 16.7 Å². The lowest BCUT2D eigenvalue weighted by atomic mass is 9.98. The maximum absolute atomic E-state index is 5.51. The Labute approximate surface area is 75.4 Å². The van der Waals surface area contributed by atoms with Gasteiger partial charge >= 0.3 is 0 Å². The molecule has 0 aromatic carbocycles. The highest BCUT2D eigenvalue weighted by atomic mass is 32.1. The molecule has 2 heterocycles. The van der Waals surface area contributed by atoms with Crippen LogP contribution in [0.2, 0.25) is 0 Å². The van der Waals surface area contributed by atoms with E-state index in [4.69, 9.17) is 5.73 Å². The van der Waals surface area contributed by atoms with Gasteiger partial charge in [-0.3, -0.25) is 0 Å². The second kappa shape index (κ2) is 3.37. The molecule has 1 fully saturated rings. The molecule has 1 aliphatic rings. The van der Waals surface area contributed by atoms with Crippen molar-refractivity contribution in [2.24, 2.45) is 0 Å². The molecule has 5 heteroatoms. The van der Waals surface area contributed by atoms with Crippen LogP contribution in [0.15, 0.2) is 0 Å². The van der Waals surface area contributed by atoms with Crippen LogP contribution < -0.4 is 11.1 Å². The van der Waals surface area contributed by atoms with Crippen LogP contribution in [0.1, 0.15) is 24.6 Å². The fourth-order valence-electron chi connectivity index (χ4n) is 1.49. The summed E-state index contributed by atoms with van der Waals surface area (Å²) in [6, 6.07) is 0. The van der Waals surface area contributed by atoms with Crippen LogP contribution in [0, 0.1) is 0 Å². The SMILES string of the molecule is Nc1nc(C2CCNCC2)ns1. The lowest BCUT2D eigenvalue weighted by molar-refractivity contribution is 0.448. The van der Waals surface area contributed by atoms with Gasteiger partial charge in [0.05, 0.1) is 0 Å². The molecular formula is C7H12N4S. The summed E-state index contributed by atoms with van der Waals surface area (Å²) in [5.41, 5.74) is 5.51. The van der Waals surface area contributed by atoms with Gasteiger partial charge in [-0.25, -0.2) is 4.98 Å². The molecule has 66 valence electrons. The van der Waals surface area contributed by atoms with Gasteiger partial charge in [0.25, 0.3) is 0 Å². The Morgan fingerprint density at radius 1 is 1.42 bits per heavy atom. The Morgan fingerprint density at radius 2 is 2.17 bits per heavy atom. The van der Waals surface area contributed by atoms with E-state index in [9.17, 15) is 0 Å². The number of rotatable bonds is 1. The molecule has 0 unspecified atom stereocenters. The number of hydrogen-bond donors (Lipinski definition) is 2. The van der Waals surface area contributed by atoms with Gasteiger partial charge in [-0.1, -0.05) is 0 Å². The van der Waals surface area contributed by atoms with Crippen molar-refractivity contribution in [1.29, 1.82) is 0 Å². The van der Waals surface area contributed by atoms with E-state index in [1.165, 1.54) is 11.5 Å². The molecule has 4 nitrogen and oxygen atoms in total. The number of nitrogens with one attached hydrogen (secondary N) is 1. The van der Waals surface area contributed by atoms with Crippen LogP contribution >= 0.6 is 11.5 Å². The van der Waals surface area contributed by atoms with E-state index in [2.05, 4.69) is 14.7 Å². The quantitative estimate of drug-likeness (QED) is 0.670. The van der Waals surface area contributed by atoms with Crippen LogP contribution in [0.4, 0.5) is 5.13 Å². The predicted molar refractivity (Wildman–Crippen MR) is 49.2 cm³/mol. The van der Waals surface area contributed by atoms with Gasteiger partial charge in [0.15, 0.2) is 5.13 Å². The zero-order chi connectivity index (χ0) is 8.39. The summed E-state index contributed by atoms with van der Waals surface area (Å²) in [5, 5.41) is 3.89. The molecule has 0 spiro atoms. The highest BCUT2D eigenvalue weighted by Crippen LogP contribution is 2.24. The summed E-state index contributed by atoms with van der Waals surface area (Å²) in [6.07, 6.45) is 2.27. The van der Waals surface area contributed by atoms with Crippen molar-refractivity contribution in [1.82, 2.24) is 14.7 Å². The van der Waals surface area contributed by atoms with E-state index >= 15 is 0 Å².